The molecule has 1 amide bonds. The summed E-state index contributed by atoms with van der Waals surface area (Å²) in [6, 6.07) is 2.00. The number of aryl methyl sites for hydroxylation is 1. The zero-order chi connectivity index (χ0) is 14.3. The molecule has 0 aliphatic heterocycles. The molecule has 2 aromatic rings. The first-order chi connectivity index (χ1) is 9.56. The molecule has 1 N–H and O–H groups in total. The molecule has 0 bridgehead atoms. The van der Waals surface area contributed by atoms with Gasteiger partial charge in [-0.3, -0.25) is 4.79 Å². The third-order valence-electron chi connectivity index (χ3n) is 4.07. The van der Waals surface area contributed by atoms with Crippen molar-refractivity contribution >= 4 is 23.2 Å². The van der Waals surface area contributed by atoms with Crippen LogP contribution in [0.5, 0.6) is 0 Å². The lowest BCUT2D eigenvalue weighted by Gasteiger charge is -2.31. The number of halogens is 1. The van der Waals surface area contributed by atoms with E-state index in [1.54, 1.807) is 6.20 Å². The van der Waals surface area contributed by atoms with Gasteiger partial charge in [-0.05, 0) is 44.2 Å². The van der Waals surface area contributed by atoms with Gasteiger partial charge in [0.25, 0.3) is 5.91 Å². The summed E-state index contributed by atoms with van der Waals surface area (Å²) < 4.78 is 1.50. The number of hydrogen-bond acceptors (Lipinski definition) is 3. The topological polar surface area (TPSA) is 59.3 Å². The summed E-state index contributed by atoms with van der Waals surface area (Å²) in [6.45, 7) is 3.91. The third-order valence-corrected chi connectivity index (χ3v) is 4.45. The summed E-state index contributed by atoms with van der Waals surface area (Å²) in [7, 11) is 0. The summed E-state index contributed by atoms with van der Waals surface area (Å²) in [5.74, 6) is 0.446. The molecule has 5 nitrogen and oxygen atoms in total. The zero-order valence-electron chi connectivity index (χ0n) is 11.6. The molecule has 1 aliphatic carbocycles. The molecule has 106 valence electrons. The van der Waals surface area contributed by atoms with Crippen molar-refractivity contribution in [2.75, 3.05) is 0 Å². The van der Waals surface area contributed by atoms with E-state index in [1.807, 2.05) is 13.0 Å². The van der Waals surface area contributed by atoms with Gasteiger partial charge < -0.3 is 5.32 Å². The largest absolute Gasteiger partial charge is 0.348 e. The highest BCUT2D eigenvalue weighted by Gasteiger charge is 2.26. The molecule has 0 radical (unpaired) electrons. The number of aromatic nitrogens is 3. The van der Waals surface area contributed by atoms with E-state index in [9.17, 15) is 4.79 Å². The highest BCUT2D eigenvalue weighted by molar-refractivity contribution is 6.30. The van der Waals surface area contributed by atoms with Gasteiger partial charge in [-0.25, -0.2) is 9.50 Å². The predicted molar refractivity (Wildman–Crippen MR) is 77.0 cm³/mol. The highest BCUT2D eigenvalue weighted by Crippen LogP contribution is 2.29. The van der Waals surface area contributed by atoms with Crippen molar-refractivity contribution in [1.29, 1.82) is 0 Å². The number of nitrogens with zero attached hydrogens (tertiary/aromatic N) is 3. The average Bonchev–Trinajstić information content (AvgIpc) is 2.70. The van der Waals surface area contributed by atoms with Gasteiger partial charge in [-0.1, -0.05) is 18.0 Å². The molecule has 0 spiro atoms. The fourth-order valence-corrected chi connectivity index (χ4v) is 2.61. The maximum Gasteiger partial charge on any atom is 0.271 e. The Labute approximate surface area is 122 Å². The van der Waals surface area contributed by atoms with Crippen LogP contribution in [-0.4, -0.2) is 26.5 Å². The van der Waals surface area contributed by atoms with E-state index >= 15 is 0 Å². The summed E-state index contributed by atoms with van der Waals surface area (Å²) >= 11 is 6.02. The van der Waals surface area contributed by atoms with Gasteiger partial charge in [0, 0.05) is 6.04 Å². The Morgan fingerprint density at radius 1 is 1.55 bits per heavy atom. The number of carbonyl (C=O) groups is 1. The fourth-order valence-electron chi connectivity index (χ4n) is 2.48. The van der Waals surface area contributed by atoms with E-state index in [-0.39, 0.29) is 11.9 Å². The molecule has 0 aromatic carbocycles. The van der Waals surface area contributed by atoms with E-state index < -0.39 is 0 Å². The van der Waals surface area contributed by atoms with E-state index in [0.717, 1.165) is 5.56 Å². The molecule has 1 saturated carbocycles. The molecule has 2 aromatic heterocycles. The first kappa shape index (κ1) is 13.4. The molecule has 6 heteroatoms. The van der Waals surface area contributed by atoms with Crippen LogP contribution in [0.2, 0.25) is 5.15 Å². The maximum atomic E-state index is 12.3. The van der Waals surface area contributed by atoms with Gasteiger partial charge in [0.15, 0.2) is 16.5 Å². The van der Waals surface area contributed by atoms with Gasteiger partial charge >= 0.3 is 0 Å². The quantitative estimate of drug-likeness (QED) is 0.946. The first-order valence-corrected chi connectivity index (χ1v) is 7.26. The molecule has 1 aliphatic rings. The zero-order valence-corrected chi connectivity index (χ0v) is 12.3. The van der Waals surface area contributed by atoms with Crippen molar-refractivity contribution in [3.8, 4) is 0 Å². The van der Waals surface area contributed by atoms with Gasteiger partial charge in [-0.15, -0.1) is 0 Å². The summed E-state index contributed by atoms with van der Waals surface area (Å²) in [4.78, 5) is 16.5. The Morgan fingerprint density at radius 3 is 2.95 bits per heavy atom. The maximum absolute atomic E-state index is 12.3. The van der Waals surface area contributed by atoms with Gasteiger partial charge in [0.05, 0.1) is 6.20 Å². The standard InChI is InChI=1S/C14H17ClN4O/c1-8-6-12-16-7-11(19(12)18-13(8)15)14(20)17-9(2)10-4-3-5-10/h6-7,9-10H,3-5H2,1-2H3,(H,17,20). The number of hydrogen-bond donors (Lipinski definition) is 1. The van der Waals surface area contributed by atoms with Crippen molar-refractivity contribution in [3.05, 3.63) is 28.7 Å². The van der Waals surface area contributed by atoms with Crippen molar-refractivity contribution in [1.82, 2.24) is 19.9 Å². The summed E-state index contributed by atoms with van der Waals surface area (Å²) in [5, 5.41) is 7.61. The van der Waals surface area contributed by atoms with Gasteiger partial charge in [-0.2, -0.15) is 5.10 Å². The third kappa shape index (κ3) is 2.26. The first-order valence-electron chi connectivity index (χ1n) is 6.88. The molecule has 1 atom stereocenters. The second kappa shape index (κ2) is 5.05. The Balaban J connectivity index is 1.85. The van der Waals surface area contributed by atoms with Crippen LogP contribution in [-0.2, 0) is 0 Å². The monoisotopic (exact) mass is 292 g/mol. The SMILES string of the molecule is Cc1cc2ncc(C(=O)NC(C)C3CCC3)n2nc1Cl. The molecule has 1 fully saturated rings. The molecular weight excluding hydrogens is 276 g/mol. The Morgan fingerprint density at radius 2 is 2.30 bits per heavy atom. The minimum Gasteiger partial charge on any atom is -0.348 e. The van der Waals surface area contributed by atoms with Crippen LogP contribution in [0.15, 0.2) is 12.3 Å². The number of imidazole rings is 1. The fraction of sp³-hybridized carbons (Fsp3) is 0.500. The highest BCUT2D eigenvalue weighted by atomic mass is 35.5. The van der Waals surface area contributed by atoms with E-state index in [2.05, 4.69) is 22.3 Å². The summed E-state index contributed by atoms with van der Waals surface area (Å²) in [5.41, 5.74) is 1.90. The molecule has 2 heterocycles. The van der Waals surface area contributed by atoms with Crippen LogP contribution >= 0.6 is 11.6 Å². The minimum atomic E-state index is -0.149. The van der Waals surface area contributed by atoms with Crippen molar-refractivity contribution in [3.63, 3.8) is 0 Å². The van der Waals surface area contributed by atoms with Gasteiger partial charge in [0.1, 0.15) is 0 Å². The second-order valence-electron chi connectivity index (χ2n) is 5.48. The number of amides is 1. The average molecular weight is 293 g/mol. The Kier molecular flexibility index (Phi) is 3.38. The van der Waals surface area contributed by atoms with E-state index in [4.69, 9.17) is 11.6 Å². The van der Waals surface area contributed by atoms with Crippen molar-refractivity contribution < 1.29 is 4.79 Å². The lowest BCUT2D eigenvalue weighted by atomic mass is 9.80. The second-order valence-corrected chi connectivity index (χ2v) is 5.84. The van der Waals surface area contributed by atoms with E-state index in [0.29, 0.717) is 22.4 Å². The number of nitrogens with one attached hydrogen (secondary N) is 1. The van der Waals surface area contributed by atoms with Crippen LogP contribution in [0.3, 0.4) is 0 Å². The van der Waals surface area contributed by atoms with Crippen molar-refractivity contribution in [2.24, 2.45) is 5.92 Å². The van der Waals surface area contributed by atoms with Crippen LogP contribution in [0.25, 0.3) is 5.65 Å². The normalized spacial score (nSPS) is 16.9. The Hall–Kier alpha value is -1.62. The predicted octanol–water partition coefficient (Wildman–Crippen LogP) is 2.61. The lowest BCUT2D eigenvalue weighted by molar-refractivity contribution is 0.0902. The van der Waals surface area contributed by atoms with Gasteiger partial charge in [0.2, 0.25) is 0 Å². The number of carbonyl (C=O) groups excluding carboxylic acids is 1. The Bertz CT molecular complexity index is 662. The van der Waals surface area contributed by atoms with Crippen LogP contribution in [0.4, 0.5) is 0 Å². The molecular formula is C14H17ClN4O. The minimum absolute atomic E-state index is 0.149. The van der Waals surface area contributed by atoms with Crippen LogP contribution < -0.4 is 5.32 Å². The number of fused-ring (bicyclic) bond motifs is 1. The molecule has 3 rings (SSSR count). The summed E-state index contributed by atoms with van der Waals surface area (Å²) in [6.07, 6.45) is 5.19. The van der Waals surface area contributed by atoms with Crippen LogP contribution in [0.1, 0.15) is 42.2 Å². The smallest absolute Gasteiger partial charge is 0.271 e. The molecule has 0 saturated heterocycles. The lowest BCUT2D eigenvalue weighted by Crippen LogP contribution is -2.41. The van der Waals surface area contributed by atoms with E-state index in [1.165, 1.54) is 23.8 Å². The number of rotatable bonds is 3. The molecule has 20 heavy (non-hydrogen) atoms. The van der Waals surface area contributed by atoms with Crippen molar-refractivity contribution in [2.45, 2.75) is 39.2 Å². The van der Waals surface area contributed by atoms with Crippen LogP contribution in [0, 0.1) is 12.8 Å². The molecule has 1 unspecified atom stereocenters.